The second-order valence-electron chi connectivity index (χ2n) is 5.39. The Bertz CT molecular complexity index is 914. The first-order valence-electron chi connectivity index (χ1n) is 7.68. The standard InChI is InChI=1S/C16H19N3O6/c1-3-19-14(21)10-5-4-9(8-12(10)18-16(19)24)13(20)17-11(15(22)23)6-7-25-2/h4-5,8,11H,3,6-7H2,1-2H3,(H,17,20)(H,18,24)(H,22,23). The quantitative estimate of drug-likeness (QED) is 0.641. The number of hydrogen-bond donors (Lipinski definition) is 3. The number of ether oxygens (including phenoxy) is 1. The summed E-state index contributed by atoms with van der Waals surface area (Å²) in [6, 6.07) is 3.09. The van der Waals surface area contributed by atoms with Crippen molar-refractivity contribution in [1.29, 1.82) is 0 Å². The van der Waals surface area contributed by atoms with Crippen LogP contribution in [-0.4, -0.2) is 46.3 Å². The monoisotopic (exact) mass is 349 g/mol. The number of hydrogen-bond acceptors (Lipinski definition) is 5. The Kier molecular flexibility index (Phi) is 5.71. The molecule has 0 saturated heterocycles. The normalized spacial score (nSPS) is 12.1. The van der Waals surface area contributed by atoms with Gasteiger partial charge >= 0.3 is 11.7 Å². The van der Waals surface area contributed by atoms with Crippen molar-refractivity contribution >= 4 is 22.8 Å². The fraction of sp³-hybridized carbons (Fsp3) is 0.375. The van der Waals surface area contributed by atoms with Crippen molar-refractivity contribution < 1.29 is 19.4 Å². The molecule has 3 N–H and O–H groups in total. The number of carboxylic acids is 1. The molecule has 0 aliphatic heterocycles. The number of carboxylic acid groups (broad SMARTS) is 1. The van der Waals surface area contributed by atoms with E-state index in [0.29, 0.717) is 0 Å². The Balaban J connectivity index is 2.35. The third-order valence-corrected chi connectivity index (χ3v) is 3.77. The van der Waals surface area contributed by atoms with Gasteiger partial charge in [0.2, 0.25) is 0 Å². The minimum absolute atomic E-state index is 0.114. The smallest absolute Gasteiger partial charge is 0.328 e. The summed E-state index contributed by atoms with van der Waals surface area (Å²) in [4.78, 5) is 50.1. The highest BCUT2D eigenvalue weighted by Crippen LogP contribution is 2.10. The molecule has 0 aliphatic rings. The summed E-state index contributed by atoms with van der Waals surface area (Å²) in [6.45, 7) is 2.08. The van der Waals surface area contributed by atoms with Crippen LogP contribution in [0.5, 0.6) is 0 Å². The third-order valence-electron chi connectivity index (χ3n) is 3.77. The van der Waals surface area contributed by atoms with Gasteiger partial charge < -0.3 is 20.1 Å². The van der Waals surface area contributed by atoms with Crippen LogP contribution in [0.25, 0.3) is 10.9 Å². The molecule has 9 heteroatoms. The summed E-state index contributed by atoms with van der Waals surface area (Å²) in [6.07, 6.45) is 0.114. The summed E-state index contributed by atoms with van der Waals surface area (Å²) in [5.74, 6) is -1.80. The molecule has 1 atom stereocenters. The number of nitrogens with zero attached hydrogens (tertiary/aromatic N) is 1. The lowest BCUT2D eigenvalue weighted by Crippen LogP contribution is -2.41. The van der Waals surface area contributed by atoms with Crippen LogP contribution in [-0.2, 0) is 16.1 Å². The Morgan fingerprint density at radius 3 is 2.68 bits per heavy atom. The minimum atomic E-state index is -1.18. The zero-order chi connectivity index (χ0) is 18.6. The van der Waals surface area contributed by atoms with E-state index in [1.54, 1.807) is 6.92 Å². The van der Waals surface area contributed by atoms with Gasteiger partial charge in [0.1, 0.15) is 6.04 Å². The van der Waals surface area contributed by atoms with E-state index in [9.17, 15) is 19.2 Å². The number of aromatic nitrogens is 2. The zero-order valence-corrected chi connectivity index (χ0v) is 13.9. The molecule has 2 rings (SSSR count). The highest BCUT2D eigenvalue weighted by atomic mass is 16.5. The molecule has 0 saturated carbocycles. The minimum Gasteiger partial charge on any atom is -0.480 e. The molecule has 1 amide bonds. The van der Waals surface area contributed by atoms with Crippen LogP contribution in [0.1, 0.15) is 23.7 Å². The Labute approximate surface area is 142 Å². The Hall–Kier alpha value is -2.94. The van der Waals surface area contributed by atoms with Crippen LogP contribution < -0.4 is 16.6 Å². The largest absolute Gasteiger partial charge is 0.480 e. The van der Waals surface area contributed by atoms with Crippen LogP contribution in [0.15, 0.2) is 27.8 Å². The van der Waals surface area contributed by atoms with Crippen LogP contribution in [0.2, 0.25) is 0 Å². The van der Waals surface area contributed by atoms with Gasteiger partial charge in [0.05, 0.1) is 10.9 Å². The van der Waals surface area contributed by atoms with Crippen molar-refractivity contribution in [3.63, 3.8) is 0 Å². The van der Waals surface area contributed by atoms with Gasteiger partial charge in [0, 0.05) is 32.2 Å². The summed E-state index contributed by atoms with van der Waals surface area (Å²) in [5, 5.41) is 11.8. The first-order valence-corrected chi connectivity index (χ1v) is 7.68. The fourth-order valence-corrected chi connectivity index (χ4v) is 2.42. The Morgan fingerprint density at radius 1 is 1.36 bits per heavy atom. The number of aromatic amines is 1. The molecule has 0 bridgehead atoms. The van der Waals surface area contributed by atoms with Crippen LogP contribution in [0, 0.1) is 0 Å². The van der Waals surface area contributed by atoms with E-state index in [1.807, 2.05) is 0 Å². The van der Waals surface area contributed by atoms with E-state index < -0.39 is 29.2 Å². The van der Waals surface area contributed by atoms with Gasteiger partial charge in [0.25, 0.3) is 11.5 Å². The van der Waals surface area contributed by atoms with E-state index in [1.165, 1.54) is 25.3 Å². The molecule has 0 spiro atoms. The van der Waals surface area contributed by atoms with Crippen molar-refractivity contribution in [3.05, 3.63) is 44.6 Å². The van der Waals surface area contributed by atoms with E-state index in [4.69, 9.17) is 9.84 Å². The number of aliphatic carboxylic acids is 1. The molecule has 1 aromatic heterocycles. The molecular weight excluding hydrogens is 330 g/mol. The maximum Gasteiger partial charge on any atom is 0.328 e. The third kappa shape index (κ3) is 3.94. The molecular formula is C16H19N3O6. The van der Waals surface area contributed by atoms with Crippen molar-refractivity contribution in [1.82, 2.24) is 14.9 Å². The second kappa shape index (κ2) is 7.75. The van der Waals surface area contributed by atoms with Gasteiger partial charge in [-0.05, 0) is 25.1 Å². The average Bonchev–Trinajstić information content (AvgIpc) is 2.57. The lowest BCUT2D eigenvalue weighted by Gasteiger charge is -2.14. The highest BCUT2D eigenvalue weighted by Gasteiger charge is 2.20. The molecule has 0 fully saturated rings. The van der Waals surface area contributed by atoms with Crippen molar-refractivity contribution in [2.75, 3.05) is 13.7 Å². The molecule has 9 nitrogen and oxygen atoms in total. The number of carbonyl (C=O) groups is 2. The zero-order valence-electron chi connectivity index (χ0n) is 13.9. The topological polar surface area (TPSA) is 130 Å². The van der Waals surface area contributed by atoms with Gasteiger partial charge in [-0.15, -0.1) is 0 Å². The number of benzene rings is 1. The number of methoxy groups -OCH3 is 1. The van der Waals surface area contributed by atoms with Gasteiger partial charge in [-0.25, -0.2) is 9.59 Å². The number of fused-ring (bicyclic) bond motifs is 1. The number of rotatable bonds is 7. The first kappa shape index (κ1) is 18.4. The van der Waals surface area contributed by atoms with Gasteiger partial charge in [-0.3, -0.25) is 14.2 Å². The molecule has 2 aromatic rings. The Morgan fingerprint density at radius 2 is 2.08 bits per heavy atom. The summed E-state index contributed by atoms with van der Waals surface area (Å²) in [7, 11) is 1.43. The maximum absolute atomic E-state index is 12.3. The molecule has 1 heterocycles. The predicted molar refractivity (Wildman–Crippen MR) is 89.9 cm³/mol. The molecule has 1 unspecified atom stereocenters. The van der Waals surface area contributed by atoms with Crippen LogP contribution in [0.4, 0.5) is 0 Å². The molecule has 0 radical (unpaired) electrons. The van der Waals surface area contributed by atoms with Crippen LogP contribution >= 0.6 is 0 Å². The van der Waals surface area contributed by atoms with Gasteiger partial charge in [-0.2, -0.15) is 0 Å². The van der Waals surface area contributed by atoms with Crippen LogP contribution in [0.3, 0.4) is 0 Å². The van der Waals surface area contributed by atoms with E-state index in [0.717, 1.165) is 4.57 Å². The van der Waals surface area contributed by atoms with E-state index >= 15 is 0 Å². The molecule has 25 heavy (non-hydrogen) atoms. The fourth-order valence-electron chi connectivity index (χ4n) is 2.42. The SMILES string of the molecule is CCn1c(=O)[nH]c2cc(C(=O)NC(CCOC)C(=O)O)ccc2c1=O. The van der Waals surface area contributed by atoms with E-state index in [-0.39, 0.29) is 36.0 Å². The number of amides is 1. The number of nitrogens with one attached hydrogen (secondary N) is 2. The van der Waals surface area contributed by atoms with Gasteiger partial charge in [0.15, 0.2) is 0 Å². The van der Waals surface area contributed by atoms with Crippen molar-refractivity contribution in [3.8, 4) is 0 Å². The summed E-state index contributed by atoms with van der Waals surface area (Å²) in [5.41, 5.74) is -0.658. The summed E-state index contributed by atoms with van der Waals surface area (Å²) < 4.78 is 5.87. The molecule has 134 valence electrons. The van der Waals surface area contributed by atoms with Gasteiger partial charge in [-0.1, -0.05) is 0 Å². The highest BCUT2D eigenvalue weighted by molar-refractivity contribution is 5.99. The lowest BCUT2D eigenvalue weighted by atomic mass is 10.1. The summed E-state index contributed by atoms with van der Waals surface area (Å²) >= 11 is 0. The maximum atomic E-state index is 12.3. The van der Waals surface area contributed by atoms with Crippen molar-refractivity contribution in [2.45, 2.75) is 25.9 Å². The predicted octanol–water partition coefficient (Wildman–Crippen LogP) is -0.0708. The molecule has 0 aliphatic carbocycles. The second-order valence-corrected chi connectivity index (χ2v) is 5.39. The van der Waals surface area contributed by atoms with E-state index in [2.05, 4.69) is 10.3 Å². The first-order chi connectivity index (χ1) is 11.9. The average molecular weight is 349 g/mol. The van der Waals surface area contributed by atoms with Crippen molar-refractivity contribution in [2.24, 2.45) is 0 Å². The number of carbonyl (C=O) groups excluding carboxylic acids is 1. The lowest BCUT2D eigenvalue weighted by molar-refractivity contribution is -0.139. The molecule has 1 aromatic carbocycles. The number of H-pyrrole nitrogens is 1.